The predicted octanol–water partition coefficient (Wildman–Crippen LogP) is 2.34. The quantitative estimate of drug-likeness (QED) is 0.592. The van der Waals surface area contributed by atoms with Crippen molar-refractivity contribution in [2.75, 3.05) is 12.4 Å². The van der Waals surface area contributed by atoms with E-state index in [2.05, 4.69) is 21.2 Å². The number of nitrogens with zero attached hydrogens (tertiary/aromatic N) is 1. The second-order valence-corrected chi connectivity index (χ2v) is 5.27. The van der Waals surface area contributed by atoms with Crippen molar-refractivity contribution in [2.45, 2.75) is 13.8 Å². The van der Waals surface area contributed by atoms with E-state index in [0.29, 0.717) is 10.7 Å². The van der Waals surface area contributed by atoms with Gasteiger partial charge in [0.2, 0.25) is 5.88 Å². The van der Waals surface area contributed by atoms with Crippen LogP contribution in [0, 0.1) is 13.8 Å². The molecule has 1 heterocycles. The molecule has 0 aliphatic heterocycles. The molecule has 2 rings (SSSR count). The fourth-order valence-corrected chi connectivity index (χ4v) is 2.22. The van der Waals surface area contributed by atoms with E-state index < -0.39 is 0 Å². The van der Waals surface area contributed by atoms with Crippen LogP contribution in [0.25, 0.3) is 0 Å². The molecule has 0 aliphatic carbocycles. The summed E-state index contributed by atoms with van der Waals surface area (Å²) >= 11 is 5.20. The predicted molar refractivity (Wildman–Crippen MR) is 93.5 cm³/mol. The topological polar surface area (TPSA) is 75.3 Å². The molecule has 0 radical (unpaired) electrons. The van der Waals surface area contributed by atoms with Crippen molar-refractivity contribution < 1.29 is 9.53 Å². The highest BCUT2D eigenvalue weighted by atomic mass is 32.1. The third kappa shape index (κ3) is 4.17. The first kappa shape index (κ1) is 16.7. The Morgan fingerprint density at radius 1 is 1.13 bits per heavy atom. The number of hydrogen-bond donors (Lipinski definition) is 3. The number of carbonyl (C=O) groups is 1. The lowest BCUT2D eigenvalue weighted by Gasteiger charge is -2.15. The summed E-state index contributed by atoms with van der Waals surface area (Å²) in [6.45, 7) is 3.97. The summed E-state index contributed by atoms with van der Waals surface area (Å²) in [4.78, 5) is 16.1. The molecule has 0 bridgehead atoms. The van der Waals surface area contributed by atoms with E-state index in [0.717, 1.165) is 16.8 Å². The van der Waals surface area contributed by atoms with E-state index in [-0.39, 0.29) is 11.8 Å². The highest BCUT2D eigenvalue weighted by Gasteiger charge is 2.13. The van der Waals surface area contributed by atoms with Gasteiger partial charge in [-0.15, -0.1) is 0 Å². The average molecular weight is 330 g/mol. The number of hydrazine groups is 1. The van der Waals surface area contributed by atoms with Crippen molar-refractivity contribution in [1.82, 2.24) is 15.8 Å². The number of methoxy groups -OCH3 is 1. The van der Waals surface area contributed by atoms with Gasteiger partial charge in [0.15, 0.2) is 5.11 Å². The van der Waals surface area contributed by atoms with Crippen LogP contribution in [0.15, 0.2) is 36.5 Å². The van der Waals surface area contributed by atoms with Crippen LogP contribution in [0.2, 0.25) is 0 Å². The molecular weight excluding hydrogens is 312 g/mol. The maximum atomic E-state index is 12.1. The number of hydrogen-bond acceptors (Lipinski definition) is 4. The van der Waals surface area contributed by atoms with E-state index in [9.17, 15) is 4.79 Å². The van der Waals surface area contributed by atoms with E-state index >= 15 is 0 Å². The van der Waals surface area contributed by atoms with Gasteiger partial charge in [0.1, 0.15) is 5.56 Å². The van der Waals surface area contributed by atoms with E-state index in [4.69, 9.17) is 17.0 Å². The first-order valence-corrected chi connectivity index (χ1v) is 7.36. The SMILES string of the molecule is COc1ncccc1C(=O)NNC(=S)Nc1c(C)cccc1C. The number of ether oxygens (including phenoxy) is 1. The molecule has 0 atom stereocenters. The lowest BCUT2D eigenvalue weighted by molar-refractivity contribution is 0.0940. The third-order valence-electron chi connectivity index (χ3n) is 3.22. The summed E-state index contributed by atoms with van der Waals surface area (Å²) in [6, 6.07) is 9.21. The molecule has 3 N–H and O–H groups in total. The number of rotatable bonds is 3. The summed E-state index contributed by atoms with van der Waals surface area (Å²) in [5, 5.41) is 3.36. The second-order valence-electron chi connectivity index (χ2n) is 4.86. The minimum atomic E-state index is -0.388. The first-order valence-electron chi connectivity index (χ1n) is 6.95. The zero-order valence-corrected chi connectivity index (χ0v) is 14.0. The Hall–Kier alpha value is -2.67. The van der Waals surface area contributed by atoms with Gasteiger partial charge in [0.25, 0.3) is 5.91 Å². The van der Waals surface area contributed by atoms with Crippen molar-refractivity contribution in [1.29, 1.82) is 0 Å². The lowest BCUT2D eigenvalue weighted by atomic mass is 10.1. The number of aryl methyl sites for hydroxylation is 2. The van der Waals surface area contributed by atoms with Crippen molar-refractivity contribution >= 4 is 28.9 Å². The van der Waals surface area contributed by atoms with Crippen molar-refractivity contribution in [3.05, 3.63) is 53.2 Å². The molecule has 0 aliphatic rings. The van der Waals surface area contributed by atoms with Crippen LogP contribution in [0.5, 0.6) is 5.88 Å². The van der Waals surface area contributed by atoms with Crippen LogP contribution >= 0.6 is 12.2 Å². The zero-order valence-electron chi connectivity index (χ0n) is 13.1. The molecule has 0 saturated carbocycles. The molecule has 120 valence electrons. The summed E-state index contributed by atoms with van der Waals surface area (Å²) in [5.74, 6) is -0.138. The van der Waals surface area contributed by atoms with Gasteiger partial charge in [0, 0.05) is 11.9 Å². The number of benzene rings is 1. The lowest BCUT2D eigenvalue weighted by Crippen LogP contribution is -2.44. The van der Waals surface area contributed by atoms with Crippen LogP contribution in [-0.2, 0) is 0 Å². The molecule has 1 aromatic carbocycles. The molecule has 7 heteroatoms. The molecule has 6 nitrogen and oxygen atoms in total. The van der Waals surface area contributed by atoms with E-state index in [1.807, 2.05) is 32.0 Å². The summed E-state index contributed by atoms with van der Waals surface area (Å²) in [5.41, 5.74) is 8.55. The Morgan fingerprint density at radius 2 is 1.83 bits per heavy atom. The maximum Gasteiger partial charge on any atom is 0.275 e. The number of anilines is 1. The molecule has 0 spiro atoms. The van der Waals surface area contributed by atoms with Crippen LogP contribution in [0.1, 0.15) is 21.5 Å². The maximum absolute atomic E-state index is 12.1. The molecule has 1 amide bonds. The number of carbonyl (C=O) groups excluding carboxylic acids is 1. The van der Waals surface area contributed by atoms with Gasteiger partial charge in [-0.25, -0.2) is 4.98 Å². The molecule has 23 heavy (non-hydrogen) atoms. The van der Waals surface area contributed by atoms with Crippen LogP contribution in [0.4, 0.5) is 5.69 Å². The average Bonchev–Trinajstić information content (AvgIpc) is 2.56. The molecular formula is C16H18N4O2S. The standard InChI is InChI=1S/C16H18N4O2S/c1-10-6-4-7-11(2)13(10)18-16(23)20-19-14(21)12-8-5-9-17-15(12)22-3/h4-9H,1-3H3,(H,19,21)(H2,18,20,23). The van der Waals surface area contributed by atoms with Crippen LogP contribution in [-0.4, -0.2) is 23.1 Å². The van der Waals surface area contributed by atoms with Gasteiger partial charge in [-0.05, 0) is 49.3 Å². The summed E-state index contributed by atoms with van der Waals surface area (Å²) < 4.78 is 5.05. The van der Waals surface area contributed by atoms with Gasteiger partial charge < -0.3 is 10.1 Å². The smallest absolute Gasteiger partial charge is 0.275 e. The molecule has 0 fully saturated rings. The van der Waals surface area contributed by atoms with E-state index in [1.54, 1.807) is 18.3 Å². The Bertz CT molecular complexity index is 714. The molecule has 0 saturated heterocycles. The van der Waals surface area contributed by atoms with Crippen LogP contribution < -0.4 is 20.9 Å². The minimum absolute atomic E-state index is 0.250. The Labute approximate surface area is 140 Å². The Balaban J connectivity index is 1.98. The Kier molecular flexibility index (Phi) is 5.48. The van der Waals surface area contributed by atoms with Crippen molar-refractivity contribution in [2.24, 2.45) is 0 Å². The number of para-hydroxylation sites is 1. The fourth-order valence-electron chi connectivity index (χ4n) is 2.06. The molecule has 1 aromatic heterocycles. The third-order valence-corrected chi connectivity index (χ3v) is 3.42. The fraction of sp³-hybridized carbons (Fsp3) is 0.188. The summed E-state index contributed by atoms with van der Waals surface area (Å²) in [7, 11) is 1.46. The van der Waals surface area contributed by atoms with Crippen LogP contribution in [0.3, 0.4) is 0 Å². The minimum Gasteiger partial charge on any atom is -0.480 e. The van der Waals surface area contributed by atoms with Gasteiger partial charge in [-0.3, -0.25) is 15.6 Å². The number of nitrogens with one attached hydrogen (secondary N) is 3. The number of aromatic nitrogens is 1. The normalized spacial score (nSPS) is 9.87. The number of pyridine rings is 1. The largest absolute Gasteiger partial charge is 0.480 e. The monoisotopic (exact) mass is 330 g/mol. The van der Waals surface area contributed by atoms with E-state index in [1.165, 1.54) is 7.11 Å². The van der Waals surface area contributed by atoms with Crippen molar-refractivity contribution in [3.63, 3.8) is 0 Å². The van der Waals surface area contributed by atoms with Gasteiger partial charge in [0.05, 0.1) is 7.11 Å². The molecule has 0 unspecified atom stereocenters. The van der Waals surface area contributed by atoms with Crippen molar-refractivity contribution in [3.8, 4) is 5.88 Å². The highest BCUT2D eigenvalue weighted by Crippen LogP contribution is 2.19. The zero-order chi connectivity index (χ0) is 16.8. The van der Waals surface area contributed by atoms with Gasteiger partial charge in [-0.1, -0.05) is 18.2 Å². The number of thiocarbonyl (C=S) groups is 1. The summed E-state index contributed by atoms with van der Waals surface area (Å²) in [6.07, 6.45) is 1.55. The van der Waals surface area contributed by atoms with Gasteiger partial charge >= 0.3 is 0 Å². The molecule has 2 aromatic rings. The second kappa shape index (κ2) is 7.55. The Morgan fingerprint density at radius 3 is 2.48 bits per heavy atom. The number of amides is 1. The van der Waals surface area contributed by atoms with Gasteiger partial charge in [-0.2, -0.15) is 0 Å². The first-order chi connectivity index (χ1) is 11.0. The highest BCUT2D eigenvalue weighted by molar-refractivity contribution is 7.80.